The number of carbonyl (C=O) groups is 1. The number of halogens is 2. The van der Waals surface area contributed by atoms with Gasteiger partial charge in [0.1, 0.15) is 5.92 Å². The van der Waals surface area contributed by atoms with Crippen molar-refractivity contribution in [3.8, 4) is 6.07 Å². The van der Waals surface area contributed by atoms with Crippen molar-refractivity contribution < 1.29 is 4.79 Å². The Morgan fingerprint density at radius 3 is 2.65 bits per heavy atom. The molecular formula is C16H11BrClNO. The summed E-state index contributed by atoms with van der Waals surface area (Å²) in [6.45, 7) is 1.83. The lowest BCUT2D eigenvalue weighted by Gasteiger charge is -2.10. The SMILES string of the molecule is Cc1cc(C(=O)C(C#N)c2cccc(Br)c2)ccc1Cl. The fourth-order valence-electron chi connectivity index (χ4n) is 1.94. The molecule has 100 valence electrons. The molecule has 2 nitrogen and oxygen atoms in total. The molecule has 2 aromatic rings. The van der Waals surface area contributed by atoms with E-state index >= 15 is 0 Å². The number of carbonyl (C=O) groups excluding carboxylic acids is 1. The second-order valence-corrected chi connectivity index (χ2v) is 5.77. The third kappa shape index (κ3) is 3.09. The number of hydrogen-bond donors (Lipinski definition) is 0. The Kier molecular flexibility index (Phi) is 4.59. The van der Waals surface area contributed by atoms with Crippen molar-refractivity contribution in [3.63, 3.8) is 0 Å². The van der Waals surface area contributed by atoms with Crippen molar-refractivity contribution in [2.24, 2.45) is 0 Å². The smallest absolute Gasteiger partial charge is 0.184 e. The third-order valence-electron chi connectivity index (χ3n) is 3.02. The molecule has 2 aromatic carbocycles. The summed E-state index contributed by atoms with van der Waals surface area (Å²) in [4.78, 5) is 12.5. The average Bonchev–Trinajstić information content (AvgIpc) is 2.42. The largest absolute Gasteiger partial charge is 0.292 e. The summed E-state index contributed by atoms with van der Waals surface area (Å²) >= 11 is 9.30. The molecule has 0 saturated carbocycles. The third-order valence-corrected chi connectivity index (χ3v) is 3.93. The Balaban J connectivity index is 2.39. The standard InChI is InChI=1S/C16H11BrClNO/c1-10-7-12(5-6-15(10)18)16(20)14(9-19)11-3-2-4-13(17)8-11/h2-8,14H,1H3. The Bertz CT molecular complexity index is 706. The topological polar surface area (TPSA) is 40.9 Å². The minimum Gasteiger partial charge on any atom is -0.292 e. The number of nitrogens with zero attached hydrogens (tertiary/aromatic N) is 1. The van der Waals surface area contributed by atoms with Crippen LogP contribution in [0.1, 0.15) is 27.4 Å². The lowest BCUT2D eigenvalue weighted by Crippen LogP contribution is -2.11. The van der Waals surface area contributed by atoms with Gasteiger partial charge in [-0.25, -0.2) is 0 Å². The van der Waals surface area contributed by atoms with E-state index in [0.717, 1.165) is 10.0 Å². The highest BCUT2D eigenvalue weighted by molar-refractivity contribution is 9.10. The zero-order valence-electron chi connectivity index (χ0n) is 10.7. The van der Waals surface area contributed by atoms with Gasteiger partial charge in [0.15, 0.2) is 5.78 Å². The maximum absolute atomic E-state index is 12.5. The van der Waals surface area contributed by atoms with Crippen LogP contribution in [0, 0.1) is 18.3 Å². The van der Waals surface area contributed by atoms with Gasteiger partial charge in [-0.3, -0.25) is 4.79 Å². The molecule has 4 heteroatoms. The number of rotatable bonds is 3. The van der Waals surface area contributed by atoms with Crippen molar-refractivity contribution in [2.75, 3.05) is 0 Å². The van der Waals surface area contributed by atoms with E-state index in [1.807, 2.05) is 19.1 Å². The first-order valence-corrected chi connectivity index (χ1v) is 7.15. The van der Waals surface area contributed by atoms with Crippen LogP contribution < -0.4 is 0 Å². The van der Waals surface area contributed by atoms with Gasteiger partial charge in [-0.2, -0.15) is 5.26 Å². The predicted octanol–water partition coefficient (Wildman–Crippen LogP) is 4.90. The van der Waals surface area contributed by atoms with E-state index < -0.39 is 5.92 Å². The first kappa shape index (κ1) is 14.8. The first-order chi connectivity index (χ1) is 9.52. The number of hydrogen-bond acceptors (Lipinski definition) is 2. The molecule has 0 aliphatic rings. The van der Waals surface area contributed by atoms with Gasteiger partial charge in [-0.15, -0.1) is 0 Å². The van der Waals surface area contributed by atoms with Gasteiger partial charge in [0.05, 0.1) is 6.07 Å². The molecule has 0 amide bonds. The van der Waals surface area contributed by atoms with Crippen LogP contribution in [-0.2, 0) is 0 Å². The van der Waals surface area contributed by atoms with E-state index in [4.69, 9.17) is 11.6 Å². The Morgan fingerprint density at radius 2 is 2.05 bits per heavy atom. The van der Waals surface area contributed by atoms with Gasteiger partial charge in [-0.05, 0) is 48.4 Å². The lowest BCUT2D eigenvalue weighted by molar-refractivity contribution is 0.0979. The molecule has 2 rings (SSSR count). The molecule has 0 aromatic heterocycles. The predicted molar refractivity (Wildman–Crippen MR) is 83.0 cm³/mol. The minimum absolute atomic E-state index is 0.217. The molecule has 20 heavy (non-hydrogen) atoms. The van der Waals surface area contributed by atoms with Gasteiger partial charge < -0.3 is 0 Å². The number of ketones is 1. The Morgan fingerprint density at radius 1 is 1.30 bits per heavy atom. The van der Waals surface area contributed by atoms with Crippen LogP contribution >= 0.6 is 27.5 Å². The van der Waals surface area contributed by atoms with E-state index in [9.17, 15) is 10.1 Å². The van der Waals surface area contributed by atoms with Crippen molar-refractivity contribution >= 4 is 33.3 Å². The van der Waals surface area contributed by atoms with Crippen LogP contribution in [0.2, 0.25) is 5.02 Å². The van der Waals surface area contributed by atoms with Gasteiger partial charge in [0.2, 0.25) is 0 Å². The van der Waals surface area contributed by atoms with E-state index in [2.05, 4.69) is 22.0 Å². The van der Waals surface area contributed by atoms with Crippen molar-refractivity contribution in [1.82, 2.24) is 0 Å². The fraction of sp³-hybridized carbons (Fsp3) is 0.125. The summed E-state index contributed by atoms with van der Waals surface area (Å²) in [5, 5.41) is 9.92. The number of aryl methyl sites for hydroxylation is 1. The molecule has 0 spiro atoms. The maximum atomic E-state index is 12.5. The Hall–Kier alpha value is -1.63. The van der Waals surface area contributed by atoms with Crippen LogP contribution in [0.15, 0.2) is 46.9 Å². The van der Waals surface area contributed by atoms with Gasteiger partial charge in [0.25, 0.3) is 0 Å². The van der Waals surface area contributed by atoms with Crippen LogP contribution in [0.5, 0.6) is 0 Å². The molecule has 0 radical (unpaired) electrons. The van der Waals surface area contributed by atoms with E-state index in [1.54, 1.807) is 30.3 Å². The van der Waals surface area contributed by atoms with E-state index in [-0.39, 0.29) is 5.78 Å². The summed E-state index contributed by atoms with van der Waals surface area (Å²) in [5.41, 5.74) is 2.00. The summed E-state index contributed by atoms with van der Waals surface area (Å²) < 4.78 is 0.843. The molecular weight excluding hydrogens is 338 g/mol. The van der Waals surface area contributed by atoms with E-state index in [0.29, 0.717) is 16.1 Å². The van der Waals surface area contributed by atoms with Crippen molar-refractivity contribution in [1.29, 1.82) is 5.26 Å². The average molecular weight is 349 g/mol. The zero-order valence-corrected chi connectivity index (χ0v) is 13.1. The molecule has 0 aliphatic heterocycles. The highest BCUT2D eigenvalue weighted by Gasteiger charge is 2.22. The zero-order chi connectivity index (χ0) is 14.7. The van der Waals surface area contributed by atoms with Crippen molar-refractivity contribution in [2.45, 2.75) is 12.8 Å². The summed E-state index contributed by atoms with van der Waals surface area (Å²) in [5.74, 6) is -1.03. The van der Waals surface area contributed by atoms with Crippen LogP contribution in [0.4, 0.5) is 0 Å². The lowest BCUT2D eigenvalue weighted by atomic mass is 9.91. The van der Waals surface area contributed by atoms with Gasteiger partial charge >= 0.3 is 0 Å². The monoisotopic (exact) mass is 347 g/mol. The minimum atomic E-state index is -0.812. The second-order valence-electron chi connectivity index (χ2n) is 4.45. The first-order valence-electron chi connectivity index (χ1n) is 5.98. The molecule has 0 saturated heterocycles. The molecule has 1 unspecified atom stereocenters. The van der Waals surface area contributed by atoms with Gasteiger partial charge in [0, 0.05) is 15.1 Å². The fourth-order valence-corrected chi connectivity index (χ4v) is 2.47. The number of Topliss-reactive ketones (excluding diaryl/α,β-unsaturated/α-hetero) is 1. The van der Waals surface area contributed by atoms with Crippen LogP contribution in [0.3, 0.4) is 0 Å². The van der Waals surface area contributed by atoms with Crippen molar-refractivity contribution in [3.05, 3.63) is 68.7 Å². The highest BCUT2D eigenvalue weighted by atomic mass is 79.9. The summed E-state index contributed by atoms with van der Waals surface area (Å²) in [7, 11) is 0. The quantitative estimate of drug-likeness (QED) is 0.740. The highest BCUT2D eigenvalue weighted by Crippen LogP contribution is 2.25. The summed E-state index contributed by atoms with van der Waals surface area (Å²) in [6.07, 6.45) is 0. The van der Waals surface area contributed by atoms with E-state index in [1.165, 1.54) is 0 Å². The maximum Gasteiger partial charge on any atom is 0.184 e. The van der Waals surface area contributed by atoms with Crippen LogP contribution in [-0.4, -0.2) is 5.78 Å². The second kappa shape index (κ2) is 6.21. The molecule has 0 aliphatic carbocycles. The molecule has 1 atom stereocenters. The summed E-state index contributed by atoms with van der Waals surface area (Å²) in [6, 6.07) is 14.4. The molecule has 0 heterocycles. The number of benzene rings is 2. The molecule has 0 N–H and O–H groups in total. The Labute approximate surface area is 131 Å². The normalized spacial score (nSPS) is 11.7. The molecule has 0 fully saturated rings. The van der Waals surface area contributed by atoms with Crippen LogP contribution in [0.25, 0.3) is 0 Å². The number of nitriles is 1. The molecule has 0 bridgehead atoms. The van der Waals surface area contributed by atoms with Gasteiger partial charge in [-0.1, -0.05) is 39.7 Å².